The van der Waals surface area contributed by atoms with Gasteiger partial charge in [0.15, 0.2) is 0 Å². The van der Waals surface area contributed by atoms with E-state index in [-0.39, 0.29) is 11.8 Å². The number of nitrogens with one attached hydrogen (secondary N) is 2. The zero-order chi connectivity index (χ0) is 18.4. The number of hydrogen-bond donors (Lipinski definition) is 3. The lowest BCUT2D eigenvalue weighted by Crippen LogP contribution is -2.46. The fraction of sp³-hybridized carbons (Fsp3) is 0.500. The number of urea groups is 1. The number of amides is 4. The van der Waals surface area contributed by atoms with Gasteiger partial charge < -0.3 is 21.3 Å². The zero-order valence-electron chi connectivity index (χ0n) is 14.8. The van der Waals surface area contributed by atoms with Crippen molar-refractivity contribution < 1.29 is 14.4 Å². The quantitative estimate of drug-likeness (QED) is 0.721. The predicted molar refractivity (Wildman–Crippen MR) is 94.8 cm³/mol. The summed E-state index contributed by atoms with van der Waals surface area (Å²) in [7, 11) is 3.51. The maximum absolute atomic E-state index is 12.5. The van der Waals surface area contributed by atoms with Gasteiger partial charge in [0.25, 0.3) is 5.91 Å². The summed E-state index contributed by atoms with van der Waals surface area (Å²) in [5.74, 6) is -0.120. The lowest BCUT2D eigenvalue weighted by atomic mass is 9.84. The van der Waals surface area contributed by atoms with Gasteiger partial charge in [-0.3, -0.25) is 9.59 Å². The van der Waals surface area contributed by atoms with E-state index in [0.717, 1.165) is 31.2 Å². The van der Waals surface area contributed by atoms with Crippen LogP contribution in [-0.4, -0.2) is 43.4 Å². The molecule has 0 atom stereocenters. The summed E-state index contributed by atoms with van der Waals surface area (Å²) in [6.07, 6.45) is 3.64. The van der Waals surface area contributed by atoms with E-state index in [1.54, 1.807) is 43.3 Å². The van der Waals surface area contributed by atoms with Crippen molar-refractivity contribution in [2.75, 3.05) is 20.6 Å². The smallest absolute Gasteiger partial charge is 0.312 e. The molecule has 0 aliphatic heterocycles. The van der Waals surface area contributed by atoms with E-state index in [1.165, 1.54) is 0 Å². The molecule has 0 aromatic heterocycles. The maximum atomic E-state index is 12.5. The van der Waals surface area contributed by atoms with Crippen LogP contribution in [0.3, 0.4) is 0 Å². The normalized spacial score (nSPS) is 15.4. The molecular weight excluding hydrogens is 320 g/mol. The van der Waals surface area contributed by atoms with Gasteiger partial charge in [-0.15, -0.1) is 0 Å². The van der Waals surface area contributed by atoms with E-state index in [0.29, 0.717) is 18.7 Å². The summed E-state index contributed by atoms with van der Waals surface area (Å²) in [6.45, 7) is 0.672. The highest BCUT2D eigenvalue weighted by Crippen LogP contribution is 2.38. The first-order valence-corrected chi connectivity index (χ1v) is 8.46. The van der Waals surface area contributed by atoms with E-state index < -0.39 is 11.4 Å². The molecule has 136 valence electrons. The lowest BCUT2D eigenvalue weighted by Gasteiger charge is -2.30. The second-order valence-corrected chi connectivity index (χ2v) is 6.78. The van der Waals surface area contributed by atoms with Crippen molar-refractivity contribution in [2.24, 2.45) is 11.1 Å². The molecule has 1 saturated carbocycles. The van der Waals surface area contributed by atoms with Crippen molar-refractivity contribution in [3.05, 3.63) is 35.4 Å². The van der Waals surface area contributed by atoms with Gasteiger partial charge in [0.1, 0.15) is 0 Å². The minimum atomic E-state index is -0.589. The number of carbonyl (C=O) groups excluding carboxylic acids is 3. The van der Waals surface area contributed by atoms with E-state index >= 15 is 0 Å². The molecule has 1 aliphatic carbocycles. The van der Waals surface area contributed by atoms with Crippen molar-refractivity contribution in [1.29, 1.82) is 0 Å². The first kappa shape index (κ1) is 18.8. The Bertz CT molecular complexity index is 634. The van der Waals surface area contributed by atoms with Crippen LogP contribution in [0.5, 0.6) is 0 Å². The summed E-state index contributed by atoms with van der Waals surface area (Å²) in [5, 5.41) is 5.41. The maximum Gasteiger partial charge on any atom is 0.312 e. The van der Waals surface area contributed by atoms with Crippen molar-refractivity contribution in [2.45, 2.75) is 32.2 Å². The first-order valence-electron chi connectivity index (χ1n) is 8.46. The molecule has 4 amide bonds. The lowest BCUT2D eigenvalue weighted by molar-refractivity contribution is -0.138. The Morgan fingerprint density at radius 3 is 2.20 bits per heavy atom. The molecule has 2 rings (SSSR count). The third kappa shape index (κ3) is 4.71. The topological polar surface area (TPSA) is 105 Å². The van der Waals surface area contributed by atoms with Gasteiger partial charge in [-0.25, -0.2) is 4.79 Å². The monoisotopic (exact) mass is 346 g/mol. The SMILES string of the molecule is CN(C)C(=O)C1(CNC(=O)c2ccc(CNC(N)=O)cc2)CCCC1. The molecule has 25 heavy (non-hydrogen) atoms. The van der Waals surface area contributed by atoms with Gasteiger partial charge in [-0.2, -0.15) is 0 Å². The third-order valence-corrected chi connectivity index (χ3v) is 4.69. The third-order valence-electron chi connectivity index (χ3n) is 4.69. The minimum absolute atomic E-state index is 0.0816. The van der Waals surface area contributed by atoms with Crippen LogP contribution in [0.1, 0.15) is 41.6 Å². The molecule has 0 heterocycles. The Hall–Kier alpha value is -2.57. The largest absolute Gasteiger partial charge is 0.352 e. The predicted octanol–water partition coefficient (Wildman–Crippen LogP) is 1.23. The fourth-order valence-electron chi connectivity index (χ4n) is 3.31. The molecule has 4 N–H and O–H groups in total. The molecule has 1 aromatic carbocycles. The minimum Gasteiger partial charge on any atom is -0.352 e. The zero-order valence-corrected chi connectivity index (χ0v) is 14.8. The fourth-order valence-corrected chi connectivity index (χ4v) is 3.31. The highest BCUT2D eigenvalue weighted by atomic mass is 16.2. The molecule has 1 fully saturated rings. The van der Waals surface area contributed by atoms with Crippen LogP contribution < -0.4 is 16.4 Å². The molecule has 0 spiro atoms. The highest BCUT2D eigenvalue weighted by Gasteiger charge is 2.42. The molecule has 0 unspecified atom stereocenters. The van der Waals surface area contributed by atoms with Crippen LogP contribution in [0.25, 0.3) is 0 Å². The van der Waals surface area contributed by atoms with Gasteiger partial charge >= 0.3 is 6.03 Å². The van der Waals surface area contributed by atoms with E-state index in [2.05, 4.69) is 10.6 Å². The van der Waals surface area contributed by atoms with Crippen molar-refractivity contribution >= 4 is 17.8 Å². The Kier molecular flexibility index (Phi) is 6.01. The van der Waals surface area contributed by atoms with Gasteiger partial charge in [-0.05, 0) is 30.5 Å². The standard InChI is InChI=1S/C18H26N4O3/c1-22(2)16(24)18(9-3-4-10-18)12-21-15(23)14-7-5-13(6-8-14)11-20-17(19)25/h5-8H,3-4,9-12H2,1-2H3,(H,21,23)(H3,19,20,25). The van der Waals surface area contributed by atoms with E-state index in [4.69, 9.17) is 5.73 Å². The number of nitrogens with zero attached hydrogens (tertiary/aromatic N) is 1. The van der Waals surface area contributed by atoms with Crippen LogP contribution in [0.15, 0.2) is 24.3 Å². The number of hydrogen-bond acceptors (Lipinski definition) is 3. The van der Waals surface area contributed by atoms with Crippen LogP contribution in [0, 0.1) is 5.41 Å². The number of rotatable bonds is 6. The van der Waals surface area contributed by atoms with Crippen molar-refractivity contribution in [3.63, 3.8) is 0 Å². The van der Waals surface area contributed by atoms with Gasteiger partial charge in [-0.1, -0.05) is 25.0 Å². The number of carbonyl (C=O) groups is 3. The molecule has 1 aliphatic rings. The molecule has 7 nitrogen and oxygen atoms in total. The first-order chi connectivity index (χ1) is 11.8. The van der Waals surface area contributed by atoms with E-state index in [1.807, 2.05) is 0 Å². The summed E-state index contributed by atoms with van der Waals surface area (Å²) in [4.78, 5) is 37.2. The molecule has 0 bridgehead atoms. The number of primary amides is 1. The summed E-state index contributed by atoms with van der Waals surface area (Å²) in [6, 6.07) is 6.34. The molecular formula is C18H26N4O3. The van der Waals surface area contributed by atoms with E-state index in [9.17, 15) is 14.4 Å². The Morgan fingerprint density at radius 1 is 1.08 bits per heavy atom. The Morgan fingerprint density at radius 2 is 1.68 bits per heavy atom. The molecule has 1 aromatic rings. The van der Waals surface area contributed by atoms with Crippen molar-refractivity contribution in [3.8, 4) is 0 Å². The Labute approximate surface area is 147 Å². The summed E-state index contributed by atoms with van der Waals surface area (Å²) < 4.78 is 0. The highest BCUT2D eigenvalue weighted by molar-refractivity contribution is 5.94. The number of benzene rings is 1. The molecule has 0 saturated heterocycles. The summed E-state index contributed by atoms with van der Waals surface area (Å²) >= 11 is 0. The average molecular weight is 346 g/mol. The number of nitrogens with two attached hydrogens (primary N) is 1. The van der Waals surface area contributed by atoms with Gasteiger partial charge in [0.2, 0.25) is 5.91 Å². The molecule has 0 radical (unpaired) electrons. The van der Waals surface area contributed by atoms with Gasteiger partial charge in [0, 0.05) is 32.7 Å². The summed E-state index contributed by atoms with van der Waals surface area (Å²) in [5.41, 5.74) is 5.92. The average Bonchev–Trinajstić information content (AvgIpc) is 3.07. The van der Waals surface area contributed by atoms with Crippen molar-refractivity contribution in [1.82, 2.24) is 15.5 Å². The van der Waals surface area contributed by atoms with Crippen LogP contribution in [-0.2, 0) is 11.3 Å². The van der Waals surface area contributed by atoms with Crippen LogP contribution in [0.4, 0.5) is 4.79 Å². The Balaban J connectivity index is 1.97. The second-order valence-electron chi connectivity index (χ2n) is 6.78. The molecule has 7 heteroatoms. The van der Waals surface area contributed by atoms with Gasteiger partial charge in [0.05, 0.1) is 5.41 Å². The second kappa shape index (κ2) is 8.00. The van der Waals surface area contributed by atoms with Crippen LogP contribution >= 0.6 is 0 Å². The van der Waals surface area contributed by atoms with Crippen LogP contribution in [0.2, 0.25) is 0 Å².